The van der Waals surface area contributed by atoms with Crippen molar-refractivity contribution < 1.29 is 4.79 Å². The molecular formula is C43H64N10O. The number of H-pyrrole nitrogens is 2. The van der Waals surface area contributed by atoms with E-state index in [4.69, 9.17) is 20.2 Å². The molecule has 4 aliphatic rings. The maximum absolute atomic E-state index is 13.8. The van der Waals surface area contributed by atoms with E-state index in [1.807, 2.05) is 24.5 Å². The molecule has 2 aliphatic carbocycles. The fraction of sp³-hybridized carbons (Fsp3) is 0.698. The van der Waals surface area contributed by atoms with Crippen molar-refractivity contribution in [3.63, 3.8) is 0 Å². The van der Waals surface area contributed by atoms with Gasteiger partial charge in [-0.05, 0) is 141 Å². The van der Waals surface area contributed by atoms with Gasteiger partial charge >= 0.3 is 0 Å². The van der Waals surface area contributed by atoms with Crippen molar-refractivity contribution in [2.45, 2.75) is 154 Å². The zero-order valence-corrected chi connectivity index (χ0v) is 32.9. The second-order valence-electron chi connectivity index (χ2n) is 17.3. The number of nitrogens with one attached hydrogen (secondary N) is 4. The van der Waals surface area contributed by atoms with E-state index in [-0.39, 0.29) is 12.1 Å². The smallest absolute Gasteiger partial charge is 0.166 e. The molecule has 11 nitrogen and oxygen atoms in total. The van der Waals surface area contributed by atoms with E-state index in [1.165, 1.54) is 75.0 Å². The molecular weight excluding hydrogens is 673 g/mol. The Hall–Kier alpha value is -3.57. The number of fused-ring (bicyclic) bond motifs is 2. The number of aryl methyl sites for hydroxylation is 2. The number of piperidine rings is 2. The molecule has 2 unspecified atom stereocenters. The second-order valence-corrected chi connectivity index (χ2v) is 17.3. The molecule has 0 bridgehead atoms. The minimum Gasteiger partial charge on any atom is -0.367 e. The average Bonchev–Trinajstić information content (AvgIpc) is 3.85. The van der Waals surface area contributed by atoms with Gasteiger partial charge in [0, 0.05) is 24.5 Å². The van der Waals surface area contributed by atoms with Crippen LogP contribution in [0.25, 0.3) is 21.8 Å². The van der Waals surface area contributed by atoms with Crippen LogP contribution in [0.4, 0.5) is 11.6 Å². The molecule has 8 rings (SSSR count). The summed E-state index contributed by atoms with van der Waals surface area (Å²) in [7, 11) is 0. The van der Waals surface area contributed by atoms with E-state index in [0.717, 1.165) is 112 Å². The topological polar surface area (TPSA) is 131 Å². The van der Waals surface area contributed by atoms with Crippen LogP contribution in [0.1, 0.15) is 128 Å². The lowest BCUT2D eigenvalue weighted by atomic mass is 9.88. The molecule has 0 radical (unpaired) electrons. The first-order valence-corrected chi connectivity index (χ1v) is 21.7. The van der Waals surface area contributed by atoms with E-state index in [0.29, 0.717) is 29.7 Å². The Morgan fingerprint density at radius 3 is 1.46 bits per heavy atom. The van der Waals surface area contributed by atoms with Gasteiger partial charge in [0.05, 0.1) is 45.3 Å². The quantitative estimate of drug-likeness (QED) is 0.102. The van der Waals surface area contributed by atoms with Gasteiger partial charge in [0.25, 0.3) is 0 Å². The van der Waals surface area contributed by atoms with Crippen LogP contribution in [-0.4, -0.2) is 96.3 Å². The molecule has 4 aromatic heterocycles. The summed E-state index contributed by atoms with van der Waals surface area (Å²) in [6.07, 6.45) is 25.4. The Bertz CT molecular complexity index is 1680. The summed E-state index contributed by atoms with van der Waals surface area (Å²) in [5, 5.41) is 25.9. The van der Waals surface area contributed by atoms with Crippen molar-refractivity contribution >= 4 is 39.2 Å². The van der Waals surface area contributed by atoms with Crippen molar-refractivity contribution in [3.8, 4) is 0 Å². The van der Waals surface area contributed by atoms with Crippen molar-refractivity contribution in [2.75, 3.05) is 36.8 Å². The number of carbonyl (C=O) groups excluding carboxylic acids is 1. The molecule has 6 heterocycles. The molecule has 2 saturated carbocycles. The van der Waals surface area contributed by atoms with Crippen LogP contribution in [0.2, 0.25) is 0 Å². The molecule has 4 fully saturated rings. The van der Waals surface area contributed by atoms with Crippen LogP contribution in [-0.2, 0) is 17.6 Å². The fourth-order valence-electron chi connectivity index (χ4n) is 10.2. The number of ketones is 1. The molecule has 0 aromatic carbocycles. The van der Waals surface area contributed by atoms with Gasteiger partial charge in [0.2, 0.25) is 0 Å². The van der Waals surface area contributed by atoms with E-state index >= 15 is 0 Å². The Morgan fingerprint density at radius 1 is 0.648 bits per heavy atom. The summed E-state index contributed by atoms with van der Waals surface area (Å²) in [5.74, 6) is 3.71. The fourth-order valence-corrected chi connectivity index (χ4v) is 10.2. The van der Waals surface area contributed by atoms with E-state index in [9.17, 15) is 4.79 Å². The molecule has 4 aromatic rings. The second kappa shape index (κ2) is 17.5. The zero-order chi connectivity index (χ0) is 36.9. The van der Waals surface area contributed by atoms with E-state index in [1.54, 1.807) is 0 Å². The number of Topliss-reactive ketones (excluding diaryl/α,β-unsaturated/α-hetero) is 1. The number of rotatable bonds is 14. The SMILES string of the molecule is CC(C(=O)C(C)N1CCC(CCc2n[nH]c3ccnc(NC4CCCCC4)c23)CC1)N1CCC(CCc2n[nH]c3ccnc(NC4CCCCC4)c23)CC1. The minimum absolute atomic E-state index is 0.0357. The van der Waals surface area contributed by atoms with Gasteiger partial charge in [-0.15, -0.1) is 0 Å². The average molecular weight is 737 g/mol. The largest absolute Gasteiger partial charge is 0.367 e. The lowest BCUT2D eigenvalue weighted by Crippen LogP contribution is -2.52. The van der Waals surface area contributed by atoms with Crippen LogP contribution in [0.3, 0.4) is 0 Å². The van der Waals surface area contributed by atoms with Crippen LogP contribution in [0, 0.1) is 11.8 Å². The summed E-state index contributed by atoms with van der Waals surface area (Å²) < 4.78 is 0. The molecule has 4 N–H and O–H groups in total. The van der Waals surface area contributed by atoms with Gasteiger partial charge in [0.15, 0.2) is 5.78 Å². The third kappa shape index (κ3) is 8.62. The predicted molar refractivity (Wildman–Crippen MR) is 218 cm³/mol. The van der Waals surface area contributed by atoms with Crippen molar-refractivity contribution in [3.05, 3.63) is 35.9 Å². The monoisotopic (exact) mass is 737 g/mol. The van der Waals surface area contributed by atoms with Crippen molar-refractivity contribution in [1.82, 2.24) is 40.2 Å². The molecule has 2 atom stereocenters. The van der Waals surface area contributed by atoms with Crippen LogP contribution < -0.4 is 10.6 Å². The standard InChI is InChI=1S/C43H64N10O/c1-29(52-25-19-31(20-26-52)13-15-35-39-37(50-48-35)17-23-44-42(39)46-33-9-5-3-6-10-33)41(54)30(2)53-27-21-32(22-28-53)14-16-36-40-38(51-49-36)18-24-45-43(40)47-34-11-7-4-8-12-34/h17-18,23-24,29-34H,3-16,19-22,25-28H2,1-2H3,(H,44,46)(H,45,47)(H,48,50)(H,49,51). The van der Waals surface area contributed by atoms with E-state index in [2.05, 4.69) is 44.5 Å². The highest BCUT2D eigenvalue weighted by Gasteiger charge is 2.33. The van der Waals surface area contributed by atoms with Crippen molar-refractivity contribution in [2.24, 2.45) is 11.8 Å². The number of hydrogen-bond acceptors (Lipinski definition) is 9. The zero-order valence-electron chi connectivity index (χ0n) is 32.9. The summed E-state index contributed by atoms with van der Waals surface area (Å²) >= 11 is 0. The summed E-state index contributed by atoms with van der Waals surface area (Å²) in [4.78, 5) is 28.2. The number of pyridine rings is 2. The predicted octanol–water partition coefficient (Wildman–Crippen LogP) is 8.05. The summed E-state index contributed by atoms with van der Waals surface area (Å²) in [6.45, 7) is 8.29. The highest BCUT2D eigenvalue weighted by molar-refractivity contribution is 5.92. The third-order valence-electron chi connectivity index (χ3n) is 13.8. The number of nitrogens with zero attached hydrogens (tertiary/aromatic N) is 6. The van der Waals surface area contributed by atoms with Gasteiger partial charge in [-0.2, -0.15) is 10.2 Å². The van der Waals surface area contributed by atoms with Gasteiger partial charge < -0.3 is 10.6 Å². The number of carbonyl (C=O) groups is 1. The molecule has 11 heteroatoms. The number of aromatic nitrogens is 6. The maximum Gasteiger partial charge on any atom is 0.166 e. The maximum atomic E-state index is 13.8. The Kier molecular flexibility index (Phi) is 12.1. The number of likely N-dealkylation sites (tertiary alicyclic amines) is 2. The number of hydrogen-bond donors (Lipinski definition) is 4. The van der Waals surface area contributed by atoms with E-state index < -0.39 is 0 Å². The molecule has 0 spiro atoms. The van der Waals surface area contributed by atoms with Crippen molar-refractivity contribution in [1.29, 1.82) is 0 Å². The van der Waals surface area contributed by atoms with Crippen LogP contribution >= 0.6 is 0 Å². The Labute approximate surface area is 321 Å². The van der Waals surface area contributed by atoms with Crippen LogP contribution in [0.5, 0.6) is 0 Å². The first kappa shape index (κ1) is 37.4. The Morgan fingerprint density at radius 2 is 1.06 bits per heavy atom. The van der Waals surface area contributed by atoms with Gasteiger partial charge in [-0.25, -0.2) is 9.97 Å². The summed E-state index contributed by atoms with van der Waals surface area (Å²) in [6, 6.07) is 5.05. The minimum atomic E-state index is -0.0357. The van der Waals surface area contributed by atoms with Crippen LogP contribution in [0.15, 0.2) is 24.5 Å². The molecule has 2 saturated heterocycles. The molecule has 0 amide bonds. The van der Waals surface area contributed by atoms with Gasteiger partial charge in [-0.1, -0.05) is 38.5 Å². The Balaban J connectivity index is 0.775. The third-order valence-corrected chi connectivity index (χ3v) is 13.8. The lowest BCUT2D eigenvalue weighted by Gasteiger charge is -2.39. The lowest BCUT2D eigenvalue weighted by molar-refractivity contribution is -0.129. The highest BCUT2D eigenvalue weighted by Crippen LogP contribution is 2.32. The molecule has 292 valence electrons. The normalized spacial score (nSPS) is 21.8. The first-order valence-electron chi connectivity index (χ1n) is 21.7. The molecule has 54 heavy (non-hydrogen) atoms. The number of aromatic amines is 2. The van der Waals surface area contributed by atoms with Gasteiger partial charge in [0.1, 0.15) is 11.6 Å². The molecule has 2 aliphatic heterocycles. The summed E-state index contributed by atoms with van der Waals surface area (Å²) in [5.41, 5.74) is 4.44. The number of anilines is 2. The first-order chi connectivity index (χ1) is 26.5. The van der Waals surface area contributed by atoms with Gasteiger partial charge in [-0.3, -0.25) is 24.8 Å². The highest BCUT2D eigenvalue weighted by atomic mass is 16.1.